The van der Waals surface area contributed by atoms with Gasteiger partial charge in [-0.3, -0.25) is 0 Å². The van der Waals surface area contributed by atoms with Crippen molar-refractivity contribution in [3.8, 4) is 0 Å². The first-order valence-corrected chi connectivity index (χ1v) is 5.79. The van der Waals surface area contributed by atoms with Crippen molar-refractivity contribution >= 4 is 0 Å². The summed E-state index contributed by atoms with van der Waals surface area (Å²) in [5, 5.41) is 38.8. The van der Waals surface area contributed by atoms with E-state index in [2.05, 4.69) is 6.92 Å². The summed E-state index contributed by atoms with van der Waals surface area (Å²) in [7, 11) is 0. The molecule has 0 aliphatic heterocycles. The maximum atomic E-state index is 9.70. The second kappa shape index (κ2) is 4.78. The maximum Gasteiger partial charge on any atom is 0.170 e. The summed E-state index contributed by atoms with van der Waals surface area (Å²) in [5.41, 5.74) is 0. The Bertz CT molecular complexity index is 185. The molecule has 0 amide bonds. The normalized spacial score (nSPS) is 25.4. The highest BCUT2D eigenvalue weighted by molar-refractivity contribution is 4.91. The fraction of sp³-hybridized carbons (Fsp3) is 1.00. The van der Waals surface area contributed by atoms with Crippen LogP contribution in [0.25, 0.3) is 0 Å². The molecule has 15 heavy (non-hydrogen) atoms. The number of rotatable bonds is 4. The minimum atomic E-state index is -1.92. The highest BCUT2D eigenvalue weighted by Crippen LogP contribution is 2.40. The molecule has 1 saturated carbocycles. The van der Waals surface area contributed by atoms with Crippen LogP contribution in [0.4, 0.5) is 0 Å². The van der Waals surface area contributed by atoms with Gasteiger partial charge in [0.15, 0.2) is 11.6 Å². The van der Waals surface area contributed by atoms with Gasteiger partial charge in [-0.15, -0.1) is 0 Å². The SMILES string of the molecule is CCCCCC1C(O)(O)CCCC1(O)O. The van der Waals surface area contributed by atoms with Crippen molar-refractivity contribution in [2.75, 3.05) is 0 Å². The van der Waals surface area contributed by atoms with Crippen LogP contribution in [0.5, 0.6) is 0 Å². The lowest BCUT2D eigenvalue weighted by Crippen LogP contribution is -2.55. The van der Waals surface area contributed by atoms with Crippen molar-refractivity contribution in [3.63, 3.8) is 0 Å². The van der Waals surface area contributed by atoms with Gasteiger partial charge in [0.25, 0.3) is 0 Å². The first kappa shape index (κ1) is 12.9. The molecule has 0 saturated heterocycles. The highest BCUT2D eigenvalue weighted by Gasteiger charge is 2.50. The average molecular weight is 218 g/mol. The summed E-state index contributed by atoms with van der Waals surface area (Å²) in [5.74, 6) is -4.68. The van der Waals surface area contributed by atoms with Gasteiger partial charge in [-0.05, 0) is 12.8 Å². The maximum absolute atomic E-state index is 9.70. The summed E-state index contributed by atoms with van der Waals surface area (Å²) in [4.78, 5) is 0. The lowest BCUT2D eigenvalue weighted by atomic mass is 9.75. The van der Waals surface area contributed by atoms with E-state index in [-0.39, 0.29) is 12.8 Å². The Balaban J connectivity index is 2.60. The fourth-order valence-corrected chi connectivity index (χ4v) is 2.39. The molecule has 0 spiro atoms. The molecule has 4 heteroatoms. The van der Waals surface area contributed by atoms with Crippen molar-refractivity contribution in [2.45, 2.75) is 63.4 Å². The molecule has 1 fully saturated rings. The summed E-state index contributed by atoms with van der Waals surface area (Å²) in [6.45, 7) is 2.05. The Morgan fingerprint density at radius 3 is 2.00 bits per heavy atom. The molecule has 0 bridgehead atoms. The van der Waals surface area contributed by atoms with Crippen molar-refractivity contribution in [1.29, 1.82) is 0 Å². The monoisotopic (exact) mass is 218 g/mol. The molecular formula is C11H22O4. The third-order valence-electron chi connectivity index (χ3n) is 3.30. The van der Waals surface area contributed by atoms with E-state index in [4.69, 9.17) is 0 Å². The highest BCUT2D eigenvalue weighted by atomic mass is 16.5. The van der Waals surface area contributed by atoms with Crippen molar-refractivity contribution in [3.05, 3.63) is 0 Å². The third-order valence-corrected chi connectivity index (χ3v) is 3.30. The van der Waals surface area contributed by atoms with Crippen molar-refractivity contribution in [2.24, 2.45) is 5.92 Å². The van der Waals surface area contributed by atoms with Crippen LogP contribution in [-0.4, -0.2) is 32.0 Å². The van der Waals surface area contributed by atoms with Gasteiger partial charge < -0.3 is 20.4 Å². The van der Waals surface area contributed by atoms with Crippen LogP contribution < -0.4 is 0 Å². The number of aliphatic hydroxyl groups is 4. The predicted octanol–water partition coefficient (Wildman–Crippen LogP) is 0.729. The van der Waals surface area contributed by atoms with Gasteiger partial charge in [0.1, 0.15) is 0 Å². The quantitative estimate of drug-likeness (QED) is 0.414. The molecule has 1 aliphatic rings. The van der Waals surface area contributed by atoms with Gasteiger partial charge in [-0.2, -0.15) is 0 Å². The topological polar surface area (TPSA) is 80.9 Å². The third kappa shape index (κ3) is 3.14. The lowest BCUT2D eigenvalue weighted by Gasteiger charge is -2.44. The van der Waals surface area contributed by atoms with Gasteiger partial charge in [0, 0.05) is 12.8 Å². The predicted molar refractivity (Wildman–Crippen MR) is 55.8 cm³/mol. The smallest absolute Gasteiger partial charge is 0.170 e. The minimum absolute atomic E-state index is 0.229. The van der Waals surface area contributed by atoms with E-state index in [0.717, 1.165) is 19.3 Å². The van der Waals surface area contributed by atoms with E-state index >= 15 is 0 Å². The van der Waals surface area contributed by atoms with Gasteiger partial charge in [0.05, 0.1) is 5.92 Å². The van der Waals surface area contributed by atoms with Crippen LogP contribution in [0.3, 0.4) is 0 Å². The first-order chi connectivity index (χ1) is 6.90. The van der Waals surface area contributed by atoms with E-state index in [0.29, 0.717) is 12.8 Å². The van der Waals surface area contributed by atoms with E-state index in [1.807, 2.05) is 0 Å². The number of hydrogen-bond acceptors (Lipinski definition) is 4. The van der Waals surface area contributed by atoms with E-state index in [1.54, 1.807) is 0 Å². The van der Waals surface area contributed by atoms with Crippen LogP contribution in [0.1, 0.15) is 51.9 Å². The summed E-state index contributed by atoms with van der Waals surface area (Å²) in [6, 6.07) is 0. The van der Waals surface area contributed by atoms with Crippen LogP contribution in [0, 0.1) is 5.92 Å². The van der Waals surface area contributed by atoms with Crippen LogP contribution >= 0.6 is 0 Å². The van der Waals surface area contributed by atoms with E-state index < -0.39 is 17.5 Å². The molecular weight excluding hydrogens is 196 g/mol. The largest absolute Gasteiger partial charge is 0.365 e. The Morgan fingerprint density at radius 1 is 1.00 bits per heavy atom. The molecule has 0 unspecified atom stereocenters. The average Bonchev–Trinajstić information content (AvgIpc) is 2.09. The van der Waals surface area contributed by atoms with Crippen LogP contribution in [0.15, 0.2) is 0 Å². The molecule has 0 heterocycles. The van der Waals surface area contributed by atoms with Gasteiger partial charge in [-0.25, -0.2) is 0 Å². The van der Waals surface area contributed by atoms with Crippen molar-refractivity contribution < 1.29 is 20.4 Å². The first-order valence-electron chi connectivity index (χ1n) is 5.79. The summed E-state index contributed by atoms with van der Waals surface area (Å²) >= 11 is 0. The van der Waals surface area contributed by atoms with Crippen LogP contribution in [0.2, 0.25) is 0 Å². The summed E-state index contributed by atoms with van der Waals surface area (Å²) < 4.78 is 0. The molecule has 90 valence electrons. The zero-order valence-corrected chi connectivity index (χ0v) is 9.32. The van der Waals surface area contributed by atoms with Gasteiger partial charge >= 0.3 is 0 Å². The number of hydrogen-bond donors (Lipinski definition) is 4. The second-order valence-corrected chi connectivity index (χ2v) is 4.66. The van der Waals surface area contributed by atoms with Crippen LogP contribution in [-0.2, 0) is 0 Å². The van der Waals surface area contributed by atoms with Crippen molar-refractivity contribution in [1.82, 2.24) is 0 Å². The van der Waals surface area contributed by atoms with E-state index in [9.17, 15) is 20.4 Å². The minimum Gasteiger partial charge on any atom is -0.365 e. The Kier molecular flexibility index (Phi) is 4.12. The zero-order chi connectivity index (χ0) is 11.5. The molecule has 1 aliphatic carbocycles. The molecule has 4 N–H and O–H groups in total. The fourth-order valence-electron chi connectivity index (χ4n) is 2.39. The van der Waals surface area contributed by atoms with Gasteiger partial charge in [0.2, 0.25) is 0 Å². The molecule has 0 aromatic rings. The molecule has 1 rings (SSSR count). The number of unbranched alkanes of at least 4 members (excludes halogenated alkanes) is 2. The Hall–Kier alpha value is -0.160. The van der Waals surface area contributed by atoms with E-state index in [1.165, 1.54) is 0 Å². The Morgan fingerprint density at radius 2 is 1.53 bits per heavy atom. The molecule has 0 aromatic heterocycles. The van der Waals surface area contributed by atoms with Gasteiger partial charge in [-0.1, -0.05) is 26.2 Å². The molecule has 0 atom stereocenters. The lowest BCUT2D eigenvalue weighted by molar-refractivity contribution is -0.326. The second-order valence-electron chi connectivity index (χ2n) is 4.66. The standard InChI is InChI=1S/C11H22O4/c1-2-3-4-6-9-10(12,13)7-5-8-11(9,14)15/h9,12-15H,2-8H2,1H3. The summed E-state index contributed by atoms with van der Waals surface area (Å²) in [6.07, 6.45) is 4.15. The molecule has 4 nitrogen and oxygen atoms in total. The molecule has 0 radical (unpaired) electrons. The zero-order valence-electron chi connectivity index (χ0n) is 9.32. The molecule has 0 aromatic carbocycles. The Labute approximate surface area is 90.6 Å².